The highest BCUT2D eigenvalue weighted by Crippen LogP contribution is 2.27. The second kappa shape index (κ2) is 25.6. The molecule has 0 fully saturated rings. The second-order valence-corrected chi connectivity index (χ2v) is 13.8. The number of ether oxygens (including phenoxy) is 7. The maximum absolute atomic E-state index is 13.3. The van der Waals surface area contributed by atoms with Gasteiger partial charge >= 0.3 is 29.8 Å². The summed E-state index contributed by atoms with van der Waals surface area (Å²) in [6.45, 7) is 10.1. The highest BCUT2D eigenvalue weighted by molar-refractivity contribution is 5.97. The van der Waals surface area contributed by atoms with Crippen LogP contribution in [0.5, 0.6) is 23.0 Å². The summed E-state index contributed by atoms with van der Waals surface area (Å²) in [6.07, 6.45) is 4.72. The van der Waals surface area contributed by atoms with E-state index in [0.29, 0.717) is 55.1 Å². The van der Waals surface area contributed by atoms with Gasteiger partial charge in [0.1, 0.15) is 28.6 Å². The Morgan fingerprint density at radius 1 is 0.462 bits per heavy atom. The summed E-state index contributed by atoms with van der Waals surface area (Å²) in [6, 6.07) is 31.5. The second-order valence-electron chi connectivity index (χ2n) is 13.8. The van der Waals surface area contributed by atoms with E-state index in [-0.39, 0.29) is 48.0 Å². The molecule has 0 saturated carbocycles. The Morgan fingerprint density at radius 3 is 1.29 bits per heavy atom. The largest absolute Gasteiger partial charge is 0.493 e. The number of carbonyl (C=O) groups excluding carboxylic acids is 5. The van der Waals surface area contributed by atoms with E-state index in [2.05, 4.69) is 36.8 Å². The van der Waals surface area contributed by atoms with Crippen LogP contribution in [0.15, 0.2) is 141 Å². The molecule has 0 radical (unpaired) electrons. The molecule has 0 heterocycles. The maximum Gasteiger partial charge on any atom is 0.343 e. The molecule has 65 heavy (non-hydrogen) atoms. The summed E-state index contributed by atoms with van der Waals surface area (Å²) >= 11 is 0. The zero-order valence-corrected chi connectivity index (χ0v) is 35.8. The van der Waals surface area contributed by atoms with Crippen LogP contribution in [0.1, 0.15) is 85.9 Å². The van der Waals surface area contributed by atoms with Crippen molar-refractivity contribution in [3.8, 4) is 46.7 Å². The Labute approximate surface area is 377 Å². The van der Waals surface area contributed by atoms with Gasteiger partial charge in [-0.3, -0.25) is 0 Å². The lowest BCUT2D eigenvalue weighted by molar-refractivity contribution is -0.138. The lowest BCUT2D eigenvalue weighted by atomic mass is 10.1. The van der Waals surface area contributed by atoms with E-state index in [1.807, 2.05) is 31.2 Å². The van der Waals surface area contributed by atoms with Crippen molar-refractivity contribution in [1.29, 1.82) is 0 Å². The minimum absolute atomic E-state index is 0.0403. The van der Waals surface area contributed by atoms with E-state index < -0.39 is 29.8 Å². The maximum atomic E-state index is 13.3. The van der Waals surface area contributed by atoms with Crippen LogP contribution in [0, 0.1) is 23.7 Å². The molecule has 12 heteroatoms. The topological polar surface area (TPSA) is 150 Å². The molecule has 0 N–H and O–H groups in total. The summed E-state index contributed by atoms with van der Waals surface area (Å²) in [5.74, 6) is 10.4. The van der Waals surface area contributed by atoms with E-state index in [9.17, 15) is 24.0 Å². The van der Waals surface area contributed by atoms with Gasteiger partial charge in [-0.25, -0.2) is 24.0 Å². The lowest BCUT2D eigenvalue weighted by Gasteiger charge is -2.12. The number of benzene rings is 5. The first-order valence-corrected chi connectivity index (χ1v) is 20.7. The lowest BCUT2D eigenvalue weighted by Crippen LogP contribution is -2.14. The summed E-state index contributed by atoms with van der Waals surface area (Å²) in [4.78, 5) is 61.8. The average Bonchev–Trinajstić information content (AvgIpc) is 3.33. The molecular formula is C53H46O12. The first-order valence-electron chi connectivity index (χ1n) is 20.7. The molecule has 0 amide bonds. The molecule has 0 atom stereocenters. The molecule has 0 bridgehead atoms. The fourth-order valence-electron chi connectivity index (χ4n) is 5.43. The van der Waals surface area contributed by atoms with Crippen LogP contribution in [0.3, 0.4) is 0 Å². The molecule has 0 aliphatic rings. The molecule has 5 aromatic carbocycles. The molecule has 0 spiro atoms. The number of rotatable bonds is 20. The number of carbonyl (C=O) groups is 5. The Balaban J connectivity index is 1.16. The Morgan fingerprint density at radius 2 is 0.862 bits per heavy atom. The van der Waals surface area contributed by atoms with Gasteiger partial charge in [-0.15, -0.1) is 0 Å². The van der Waals surface area contributed by atoms with Crippen LogP contribution in [-0.2, 0) is 23.8 Å². The number of hydrogen-bond donors (Lipinski definition) is 0. The first kappa shape index (κ1) is 47.7. The van der Waals surface area contributed by atoms with Crippen LogP contribution < -0.4 is 18.9 Å². The molecule has 0 aromatic heterocycles. The summed E-state index contributed by atoms with van der Waals surface area (Å²) < 4.78 is 37.9. The molecule has 5 aromatic rings. The summed E-state index contributed by atoms with van der Waals surface area (Å²) in [7, 11) is 0. The van der Waals surface area contributed by atoms with Crippen LogP contribution in [0.4, 0.5) is 0 Å². The van der Waals surface area contributed by atoms with Gasteiger partial charge in [-0.1, -0.05) is 50.2 Å². The van der Waals surface area contributed by atoms with E-state index in [0.717, 1.165) is 29.7 Å². The number of unbranched alkanes of at least 4 members (excludes halogenated alkanes) is 1. The normalized spacial score (nSPS) is 10.0. The van der Waals surface area contributed by atoms with Gasteiger partial charge in [0.25, 0.3) is 0 Å². The van der Waals surface area contributed by atoms with Crippen molar-refractivity contribution in [1.82, 2.24) is 0 Å². The predicted molar refractivity (Wildman–Crippen MR) is 242 cm³/mol. The molecule has 5 rings (SSSR count). The van der Waals surface area contributed by atoms with Gasteiger partial charge in [0, 0.05) is 47.2 Å². The Bertz CT molecular complexity index is 2570. The van der Waals surface area contributed by atoms with Crippen LogP contribution in [-0.4, -0.2) is 62.9 Å². The number of esters is 5. The minimum Gasteiger partial charge on any atom is -0.493 e. The molecule has 330 valence electrons. The van der Waals surface area contributed by atoms with E-state index in [1.54, 1.807) is 72.8 Å². The van der Waals surface area contributed by atoms with Gasteiger partial charge in [-0.05, 0) is 122 Å². The van der Waals surface area contributed by atoms with Crippen molar-refractivity contribution >= 4 is 29.8 Å². The minimum atomic E-state index is -0.746. The van der Waals surface area contributed by atoms with Crippen LogP contribution in [0.2, 0.25) is 0 Å². The molecule has 12 nitrogen and oxygen atoms in total. The fraction of sp³-hybridized carbons (Fsp3) is 0.189. The third-order valence-electron chi connectivity index (χ3n) is 8.90. The van der Waals surface area contributed by atoms with Crippen LogP contribution >= 0.6 is 0 Å². The van der Waals surface area contributed by atoms with Gasteiger partial charge in [-0.2, -0.15) is 0 Å². The SMILES string of the molecule is C=CC(=O)OCCCOc1ccc(C#Cc2ccc(C(=O)Oc3ccc(OC(=O)c4ccc(C#Cc5ccc(OCCCOC(=O)C=C)cc5)cc4)c(C(=O)OCCCC)c3)cc2)cc1. The van der Waals surface area contributed by atoms with Crippen molar-refractivity contribution in [3.63, 3.8) is 0 Å². The smallest absolute Gasteiger partial charge is 0.343 e. The molecule has 0 unspecified atom stereocenters. The zero-order chi connectivity index (χ0) is 46.2. The Kier molecular flexibility index (Phi) is 18.7. The van der Waals surface area contributed by atoms with Crippen molar-refractivity contribution < 1.29 is 57.1 Å². The summed E-state index contributed by atoms with van der Waals surface area (Å²) in [5.41, 5.74) is 3.18. The monoisotopic (exact) mass is 874 g/mol. The zero-order valence-electron chi connectivity index (χ0n) is 35.8. The number of hydrogen-bond acceptors (Lipinski definition) is 12. The average molecular weight is 875 g/mol. The summed E-state index contributed by atoms with van der Waals surface area (Å²) in [5, 5.41) is 0. The Hall–Kier alpha value is -8.35. The van der Waals surface area contributed by atoms with Crippen molar-refractivity contribution in [2.24, 2.45) is 0 Å². The molecule has 0 saturated heterocycles. The standard InChI is InChI=1S/C53H46O12/c1-4-7-32-63-53(58)47-37-46(64-51(56)42-22-14-38(15-23-42)10-12-40-18-26-44(27-19-40)59-33-8-35-61-49(54)5-2)30-31-48(47)65-52(57)43-24-16-39(17-25-43)11-13-41-20-28-45(29-21-41)60-34-9-36-62-50(55)6-3/h5-6,14-31,37H,2-4,7-9,32-36H2,1H3. The van der Waals surface area contributed by atoms with Gasteiger partial charge in [0.15, 0.2) is 0 Å². The predicted octanol–water partition coefficient (Wildman–Crippen LogP) is 8.88. The first-order chi connectivity index (χ1) is 31.6. The van der Waals surface area contributed by atoms with Gasteiger partial charge in [0.05, 0.1) is 44.2 Å². The van der Waals surface area contributed by atoms with Crippen LogP contribution in [0.25, 0.3) is 0 Å². The highest BCUT2D eigenvalue weighted by Gasteiger charge is 2.21. The quantitative estimate of drug-likeness (QED) is 0.0184. The van der Waals surface area contributed by atoms with E-state index >= 15 is 0 Å². The van der Waals surface area contributed by atoms with E-state index in [1.165, 1.54) is 18.2 Å². The molecule has 0 aliphatic carbocycles. The van der Waals surface area contributed by atoms with Gasteiger partial charge < -0.3 is 33.2 Å². The highest BCUT2D eigenvalue weighted by atomic mass is 16.6. The molecular weight excluding hydrogens is 829 g/mol. The molecule has 0 aliphatic heterocycles. The van der Waals surface area contributed by atoms with Crippen molar-refractivity contribution in [3.05, 3.63) is 180 Å². The third-order valence-corrected chi connectivity index (χ3v) is 8.90. The van der Waals surface area contributed by atoms with Crippen molar-refractivity contribution in [2.45, 2.75) is 32.6 Å². The van der Waals surface area contributed by atoms with E-state index in [4.69, 9.17) is 33.2 Å². The fourth-order valence-corrected chi connectivity index (χ4v) is 5.43. The van der Waals surface area contributed by atoms with Gasteiger partial charge in [0.2, 0.25) is 0 Å². The van der Waals surface area contributed by atoms with Crippen molar-refractivity contribution in [2.75, 3.05) is 33.0 Å². The third kappa shape index (κ3) is 16.1.